The first-order chi connectivity index (χ1) is 6.77. The van der Waals surface area contributed by atoms with E-state index >= 15 is 0 Å². The number of allylic oxidation sites excluding steroid dienone is 3. The van der Waals surface area contributed by atoms with Crippen molar-refractivity contribution in [1.82, 2.24) is 0 Å². The van der Waals surface area contributed by atoms with Gasteiger partial charge in [0, 0.05) is 0 Å². The van der Waals surface area contributed by atoms with Gasteiger partial charge in [-0.05, 0) is 31.8 Å². The molecule has 0 rings (SSSR count). The molecule has 0 aliphatic rings. The molecule has 0 unspecified atom stereocenters. The summed E-state index contributed by atoms with van der Waals surface area (Å²) in [5, 5.41) is 0. The molecule has 14 heavy (non-hydrogen) atoms. The number of hydrogen-bond donors (Lipinski definition) is 1. The Morgan fingerprint density at radius 1 is 1.07 bits per heavy atom. The first-order valence-electron chi connectivity index (χ1n) is 5.38. The van der Waals surface area contributed by atoms with E-state index in [0.717, 1.165) is 12.8 Å². The largest absolute Gasteiger partial charge is 0.366 e. The molecule has 0 spiro atoms. The first kappa shape index (κ1) is 12.9. The Morgan fingerprint density at radius 2 is 1.71 bits per heavy atom. The van der Waals surface area contributed by atoms with Gasteiger partial charge in [-0.25, -0.2) is 0 Å². The summed E-state index contributed by atoms with van der Waals surface area (Å²) >= 11 is 0. The normalized spacial score (nSPS) is 11.5. The molecule has 2 heteroatoms. The van der Waals surface area contributed by atoms with Crippen LogP contribution in [0.1, 0.15) is 45.4 Å². The Bertz CT molecular complexity index is 194. The van der Waals surface area contributed by atoms with Crippen molar-refractivity contribution in [2.24, 2.45) is 5.73 Å². The van der Waals surface area contributed by atoms with Crippen molar-refractivity contribution >= 4 is 5.91 Å². The number of hydrogen-bond acceptors (Lipinski definition) is 1. The van der Waals surface area contributed by atoms with Gasteiger partial charge in [0.2, 0.25) is 5.91 Å². The van der Waals surface area contributed by atoms with E-state index in [1.165, 1.54) is 31.8 Å². The molecule has 0 radical (unpaired) electrons. The fourth-order valence-corrected chi connectivity index (χ4v) is 1.14. The van der Waals surface area contributed by atoms with E-state index in [4.69, 9.17) is 5.73 Å². The second-order valence-corrected chi connectivity index (χ2v) is 3.35. The second-order valence-electron chi connectivity index (χ2n) is 3.35. The highest BCUT2D eigenvalue weighted by Gasteiger charge is 1.83. The van der Waals surface area contributed by atoms with Crippen LogP contribution in [0.2, 0.25) is 0 Å². The van der Waals surface area contributed by atoms with Gasteiger partial charge in [0.15, 0.2) is 0 Å². The lowest BCUT2D eigenvalue weighted by Gasteiger charge is -1.91. The fraction of sp³-hybridized carbons (Fsp3) is 0.583. The fourth-order valence-electron chi connectivity index (χ4n) is 1.14. The minimum Gasteiger partial charge on any atom is -0.366 e. The van der Waals surface area contributed by atoms with E-state index in [9.17, 15) is 4.79 Å². The molecule has 0 aliphatic heterocycles. The Kier molecular flexibility index (Phi) is 9.28. The van der Waals surface area contributed by atoms with Gasteiger partial charge in [-0.1, -0.05) is 38.0 Å². The SMILES string of the molecule is CCCCCC=CCCC=CC(N)=O. The van der Waals surface area contributed by atoms with E-state index in [1.807, 2.05) is 6.08 Å². The molecule has 80 valence electrons. The Labute approximate surface area is 86.9 Å². The Morgan fingerprint density at radius 3 is 2.36 bits per heavy atom. The Balaban J connectivity index is 3.22. The summed E-state index contributed by atoms with van der Waals surface area (Å²) in [5.41, 5.74) is 4.94. The molecular weight excluding hydrogens is 174 g/mol. The highest BCUT2D eigenvalue weighted by Crippen LogP contribution is 2.01. The van der Waals surface area contributed by atoms with Gasteiger partial charge in [0.05, 0.1) is 0 Å². The monoisotopic (exact) mass is 195 g/mol. The van der Waals surface area contributed by atoms with Gasteiger partial charge >= 0.3 is 0 Å². The molecule has 0 atom stereocenters. The summed E-state index contributed by atoms with van der Waals surface area (Å²) in [6.07, 6.45) is 14.6. The molecule has 0 fully saturated rings. The van der Waals surface area contributed by atoms with Crippen LogP contribution in [0.3, 0.4) is 0 Å². The van der Waals surface area contributed by atoms with Crippen molar-refractivity contribution in [3.8, 4) is 0 Å². The molecule has 2 nitrogen and oxygen atoms in total. The average molecular weight is 195 g/mol. The summed E-state index contributed by atoms with van der Waals surface area (Å²) in [6, 6.07) is 0. The third-order valence-electron chi connectivity index (χ3n) is 1.92. The highest BCUT2D eigenvalue weighted by atomic mass is 16.1. The standard InChI is InChI=1S/C12H21NO/c1-2-3-4-5-6-7-8-9-10-11-12(13)14/h6-7,10-11H,2-5,8-9H2,1H3,(H2,13,14). The summed E-state index contributed by atoms with van der Waals surface area (Å²) in [5.74, 6) is -0.364. The molecule has 1 amide bonds. The molecule has 0 bridgehead atoms. The summed E-state index contributed by atoms with van der Waals surface area (Å²) in [4.78, 5) is 10.3. The lowest BCUT2D eigenvalue weighted by Crippen LogP contribution is -2.05. The second kappa shape index (κ2) is 10.0. The lowest BCUT2D eigenvalue weighted by atomic mass is 10.2. The third kappa shape index (κ3) is 11.0. The number of carbonyl (C=O) groups is 1. The number of rotatable bonds is 8. The zero-order valence-corrected chi connectivity index (χ0v) is 9.04. The van der Waals surface area contributed by atoms with E-state index in [0.29, 0.717) is 0 Å². The van der Waals surface area contributed by atoms with Crippen LogP contribution in [0, 0.1) is 0 Å². The molecule has 0 aromatic heterocycles. The predicted octanol–water partition coefficient (Wildman–Crippen LogP) is 2.94. The Hall–Kier alpha value is -1.05. The van der Waals surface area contributed by atoms with Crippen molar-refractivity contribution in [1.29, 1.82) is 0 Å². The van der Waals surface area contributed by atoms with Crippen LogP contribution in [0.15, 0.2) is 24.3 Å². The van der Waals surface area contributed by atoms with E-state index in [1.54, 1.807) is 0 Å². The number of carbonyl (C=O) groups excluding carboxylic acids is 1. The van der Waals surface area contributed by atoms with Gasteiger partial charge in [-0.3, -0.25) is 4.79 Å². The number of amides is 1. The summed E-state index contributed by atoms with van der Waals surface area (Å²) in [7, 11) is 0. The molecular formula is C12H21NO. The summed E-state index contributed by atoms with van der Waals surface area (Å²) < 4.78 is 0. The van der Waals surface area contributed by atoms with Crippen molar-refractivity contribution in [3.05, 3.63) is 24.3 Å². The van der Waals surface area contributed by atoms with Crippen LogP contribution in [0.5, 0.6) is 0 Å². The van der Waals surface area contributed by atoms with Crippen LogP contribution in [-0.4, -0.2) is 5.91 Å². The molecule has 0 saturated heterocycles. The topological polar surface area (TPSA) is 43.1 Å². The van der Waals surface area contributed by atoms with E-state index in [2.05, 4.69) is 19.1 Å². The van der Waals surface area contributed by atoms with Crippen molar-refractivity contribution < 1.29 is 4.79 Å². The van der Waals surface area contributed by atoms with Gasteiger partial charge in [0.25, 0.3) is 0 Å². The zero-order chi connectivity index (χ0) is 10.6. The van der Waals surface area contributed by atoms with Crippen molar-refractivity contribution in [3.63, 3.8) is 0 Å². The maximum absolute atomic E-state index is 10.3. The minimum atomic E-state index is -0.364. The zero-order valence-electron chi connectivity index (χ0n) is 9.04. The molecule has 2 N–H and O–H groups in total. The van der Waals surface area contributed by atoms with Gasteiger partial charge in [0.1, 0.15) is 0 Å². The maximum Gasteiger partial charge on any atom is 0.241 e. The molecule has 0 heterocycles. The lowest BCUT2D eigenvalue weighted by molar-refractivity contribution is -0.113. The van der Waals surface area contributed by atoms with Crippen LogP contribution in [-0.2, 0) is 4.79 Å². The van der Waals surface area contributed by atoms with Gasteiger partial charge < -0.3 is 5.73 Å². The first-order valence-corrected chi connectivity index (χ1v) is 5.38. The van der Waals surface area contributed by atoms with Crippen molar-refractivity contribution in [2.45, 2.75) is 45.4 Å². The molecule has 0 aromatic carbocycles. The van der Waals surface area contributed by atoms with Crippen LogP contribution in [0.25, 0.3) is 0 Å². The number of nitrogens with two attached hydrogens (primary N) is 1. The van der Waals surface area contributed by atoms with Crippen LogP contribution >= 0.6 is 0 Å². The maximum atomic E-state index is 10.3. The van der Waals surface area contributed by atoms with E-state index in [-0.39, 0.29) is 5.91 Å². The van der Waals surface area contributed by atoms with E-state index < -0.39 is 0 Å². The van der Waals surface area contributed by atoms with Crippen molar-refractivity contribution in [2.75, 3.05) is 0 Å². The molecule has 0 aromatic rings. The minimum absolute atomic E-state index is 0.364. The van der Waals surface area contributed by atoms with Gasteiger partial charge in [-0.2, -0.15) is 0 Å². The van der Waals surface area contributed by atoms with Gasteiger partial charge in [-0.15, -0.1) is 0 Å². The quantitative estimate of drug-likeness (QED) is 0.361. The summed E-state index contributed by atoms with van der Waals surface area (Å²) in [6.45, 7) is 2.21. The highest BCUT2D eigenvalue weighted by molar-refractivity contribution is 5.85. The predicted molar refractivity (Wildman–Crippen MR) is 60.9 cm³/mol. The molecule has 0 saturated carbocycles. The third-order valence-corrected chi connectivity index (χ3v) is 1.92. The number of unbranched alkanes of at least 4 members (excludes halogenated alkanes) is 4. The average Bonchev–Trinajstić information content (AvgIpc) is 2.15. The smallest absolute Gasteiger partial charge is 0.241 e. The molecule has 0 aliphatic carbocycles. The number of primary amides is 1. The van der Waals surface area contributed by atoms with Crippen LogP contribution in [0.4, 0.5) is 0 Å². The van der Waals surface area contributed by atoms with Crippen LogP contribution < -0.4 is 5.73 Å².